The predicted molar refractivity (Wildman–Crippen MR) is 99.0 cm³/mol. The van der Waals surface area contributed by atoms with E-state index in [1.54, 1.807) is 38.3 Å². The number of nitrogens with one attached hydrogen (secondary N) is 1. The Bertz CT molecular complexity index is 907. The second kappa shape index (κ2) is 6.51. The summed E-state index contributed by atoms with van der Waals surface area (Å²) in [6, 6.07) is 13.2. The van der Waals surface area contributed by atoms with Crippen LogP contribution in [0.1, 0.15) is 38.7 Å². The first-order valence-electron chi connectivity index (χ1n) is 9.08. The number of rotatable bonds is 4. The number of hydrogen-bond donors (Lipinski definition) is 1. The molecule has 2 bridgehead atoms. The molecule has 2 saturated heterocycles. The molecule has 0 amide bonds. The van der Waals surface area contributed by atoms with Gasteiger partial charge in [-0.3, -0.25) is 5.41 Å². The summed E-state index contributed by atoms with van der Waals surface area (Å²) in [7, 11) is 1.55. The number of methoxy groups -OCH3 is 1. The third-order valence-corrected chi connectivity index (χ3v) is 5.77. The molecule has 4 atom stereocenters. The van der Waals surface area contributed by atoms with Crippen molar-refractivity contribution in [3.63, 3.8) is 0 Å². The largest absolute Gasteiger partial charge is 0.497 e. The molecule has 0 aliphatic carbocycles. The Morgan fingerprint density at radius 2 is 1.75 bits per heavy atom. The first kappa shape index (κ1) is 19.7. The Hall–Kier alpha value is -3.08. The summed E-state index contributed by atoms with van der Waals surface area (Å²) in [5, 5.41) is 39.0. The zero-order valence-corrected chi connectivity index (χ0v) is 16.3. The van der Waals surface area contributed by atoms with Crippen LogP contribution in [-0.2, 0) is 9.47 Å². The highest BCUT2D eigenvalue weighted by Gasteiger charge is 2.79. The van der Waals surface area contributed by atoms with Gasteiger partial charge in [-0.1, -0.05) is 26.0 Å². The van der Waals surface area contributed by atoms with Crippen molar-refractivity contribution in [2.24, 2.45) is 16.7 Å². The molecule has 4 unspecified atom stereocenters. The van der Waals surface area contributed by atoms with Crippen molar-refractivity contribution < 1.29 is 14.2 Å². The van der Waals surface area contributed by atoms with Crippen LogP contribution >= 0.6 is 0 Å². The zero-order valence-electron chi connectivity index (χ0n) is 16.3. The maximum Gasteiger partial charge on any atom is 0.218 e. The molecule has 0 aromatic heterocycles. The lowest BCUT2D eigenvalue weighted by Crippen LogP contribution is -2.61. The van der Waals surface area contributed by atoms with Crippen molar-refractivity contribution >= 4 is 5.90 Å². The maximum atomic E-state index is 10.3. The van der Waals surface area contributed by atoms with Crippen LogP contribution in [-0.4, -0.2) is 24.9 Å². The second-order valence-corrected chi connectivity index (χ2v) is 7.84. The van der Waals surface area contributed by atoms with Crippen LogP contribution in [0.5, 0.6) is 5.75 Å². The zero-order chi connectivity index (χ0) is 20.7. The Labute approximate surface area is 164 Å². The van der Waals surface area contributed by atoms with Crippen LogP contribution in [0.4, 0.5) is 0 Å². The van der Waals surface area contributed by atoms with Gasteiger partial charge in [0.25, 0.3) is 0 Å². The molecular formula is C21H22N4O3. The molecule has 2 aliphatic heterocycles. The molecule has 28 heavy (non-hydrogen) atoms. The standard InChI is InChI=1S/C21H22N4O3/c1-13(2)9-16-20(10-22,11-23)21(12-24)17(19(3,27-16)28-18(21)25)14-5-7-15(26-4)8-6-14/h5-8,13,16-17,25H,9H2,1-4H3. The smallest absolute Gasteiger partial charge is 0.218 e. The van der Waals surface area contributed by atoms with E-state index < -0.39 is 34.5 Å². The van der Waals surface area contributed by atoms with Gasteiger partial charge in [0.1, 0.15) is 5.75 Å². The highest BCUT2D eigenvalue weighted by atomic mass is 16.7. The monoisotopic (exact) mass is 378 g/mol. The van der Waals surface area contributed by atoms with Crippen LogP contribution in [0.25, 0.3) is 0 Å². The van der Waals surface area contributed by atoms with Gasteiger partial charge >= 0.3 is 0 Å². The SMILES string of the molecule is COc1ccc(C2C3(C)OC(=N)C2(C#N)C(C#N)(C#N)C(CC(C)C)O3)cc1. The topological polar surface area (TPSA) is 123 Å². The minimum absolute atomic E-state index is 0.122. The summed E-state index contributed by atoms with van der Waals surface area (Å²) in [6.07, 6.45) is -0.462. The minimum Gasteiger partial charge on any atom is -0.497 e. The number of fused-ring (bicyclic) bond motifs is 2. The summed E-state index contributed by atoms with van der Waals surface area (Å²) in [5.74, 6) is -1.79. The Kier molecular flexibility index (Phi) is 4.58. The van der Waals surface area contributed by atoms with Crippen LogP contribution in [0.3, 0.4) is 0 Å². The summed E-state index contributed by atoms with van der Waals surface area (Å²) >= 11 is 0. The van der Waals surface area contributed by atoms with Crippen molar-refractivity contribution in [1.82, 2.24) is 0 Å². The van der Waals surface area contributed by atoms with Crippen molar-refractivity contribution in [3.05, 3.63) is 29.8 Å². The summed E-state index contributed by atoms with van der Waals surface area (Å²) in [4.78, 5) is 0. The molecule has 144 valence electrons. The van der Waals surface area contributed by atoms with Gasteiger partial charge in [0.05, 0.1) is 37.3 Å². The molecule has 0 spiro atoms. The second-order valence-electron chi connectivity index (χ2n) is 7.84. The molecular weight excluding hydrogens is 356 g/mol. The molecule has 0 radical (unpaired) electrons. The van der Waals surface area contributed by atoms with E-state index in [1.165, 1.54) is 0 Å². The molecule has 2 aliphatic rings. The Balaban J connectivity index is 2.28. The fourth-order valence-electron chi connectivity index (χ4n) is 4.54. The third kappa shape index (κ3) is 2.32. The van der Waals surface area contributed by atoms with Gasteiger partial charge in [-0.15, -0.1) is 0 Å². The Morgan fingerprint density at radius 3 is 2.21 bits per heavy atom. The fraction of sp³-hybridized carbons (Fsp3) is 0.524. The molecule has 1 aromatic carbocycles. The normalized spacial score (nSPS) is 32.7. The van der Waals surface area contributed by atoms with Crippen LogP contribution in [0.15, 0.2) is 24.3 Å². The molecule has 7 heteroatoms. The molecule has 1 aromatic rings. The highest BCUT2D eigenvalue weighted by molar-refractivity contribution is 5.90. The van der Waals surface area contributed by atoms with Gasteiger partial charge in [-0.25, -0.2) is 0 Å². The van der Waals surface area contributed by atoms with Gasteiger partial charge in [-0.05, 0) is 30.0 Å². The Morgan fingerprint density at radius 1 is 1.14 bits per heavy atom. The summed E-state index contributed by atoms with van der Waals surface area (Å²) in [6.45, 7) is 5.57. The van der Waals surface area contributed by atoms with Crippen LogP contribution in [0, 0.1) is 56.2 Å². The van der Waals surface area contributed by atoms with Crippen LogP contribution < -0.4 is 4.74 Å². The van der Waals surface area contributed by atoms with Gasteiger partial charge < -0.3 is 14.2 Å². The summed E-state index contributed by atoms with van der Waals surface area (Å²) < 4.78 is 17.2. The fourth-order valence-corrected chi connectivity index (χ4v) is 4.54. The number of nitrogens with zero attached hydrogens (tertiary/aromatic N) is 3. The molecule has 0 saturated carbocycles. The lowest BCUT2D eigenvalue weighted by Gasteiger charge is -2.49. The van der Waals surface area contributed by atoms with Gasteiger partial charge in [0.15, 0.2) is 10.8 Å². The number of hydrogen-bond acceptors (Lipinski definition) is 7. The van der Waals surface area contributed by atoms with E-state index in [9.17, 15) is 15.8 Å². The molecule has 2 fully saturated rings. The van der Waals surface area contributed by atoms with E-state index in [0.29, 0.717) is 17.7 Å². The quantitative estimate of drug-likeness (QED) is 0.855. The van der Waals surface area contributed by atoms with Crippen molar-refractivity contribution in [1.29, 1.82) is 21.2 Å². The number of benzene rings is 1. The van der Waals surface area contributed by atoms with Crippen molar-refractivity contribution in [2.75, 3.05) is 7.11 Å². The minimum atomic E-state index is -1.87. The average molecular weight is 378 g/mol. The van der Waals surface area contributed by atoms with Crippen molar-refractivity contribution in [3.8, 4) is 24.0 Å². The lowest BCUT2D eigenvalue weighted by molar-refractivity contribution is -0.253. The third-order valence-electron chi connectivity index (χ3n) is 5.77. The van der Waals surface area contributed by atoms with E-state index >= 15 is 0 Å². The highest BCUT2D eigenvalue weighted by Crippen LogP contribution is 2.66. The van der Waals surface area contributed by atoms with Gasteiger partial charge in [0, 0.05) is 6.92 Å². The first-order valence-corrected chi connectivity index (χ1v) is 9.08. The summed E-state index contributed by atoms with van der Waals surface area (Å²) in [5.41, 5.74) is -3.01. The molecule has 3 rings (SSSR count). The molecule has 7 nitrogen and oxygen atoms in total. The van der Waals surface area contributed by atoms with Crippen molar-refractivity contribution in [2.45, 2.75) is 45.0 Å². The van der Waals surface area contributed by atoms with Gasteiger partial charge in [0.2, 0.25) is 11.7 Å². The first-order chi connectivity index (χ1) is 13.2. The van der Waals surface area contributed by atoms with Gasteiger partial charge in [-0.2, -0.15) is 15.8 Å². The van der Waals surface area contributed by atoms with E-state index in [0.717, 1.165) is 0 Å². The number of ether oxygens (including phenoxy) is 3. The van der Waals surface area contributed by atoms with E-state index in [1.807, 2.05) is 13.8 Å². The maximum absolute atomic E-state index is 10.3. The van der Waals surface area contributed by atoms with E-state index in [-0.39, 0.29) is 5.92 Å². The predicted octanol–water partition coefficient (Wildman–Crippen LogP) is 3.49. The molecule has 2 heterocycles. The average Bonchev–Trinajstić information content (AvgIpc) is 2.85. The molecule has 1 N–H and O–H groups in total. The van der Waals surface area contributed by atoms with E-state index in [4.69, 9.17) is 19.6 Å². The van der Waals surface area contributed by atoms with E-state index in [2.05, 4.69) is 18.2 Å². The van der Waals surface area contributed by atoms with Crippen LogP contribution in [0.2, 0.25) is 0 Å². The lowest BCUT2D eigenvalue weighted by atomic mass is 9.52. The number of nitriles is 3.